The number of esters is 1. The summed E-state index contributed by atoms with van der Waals surface area (Å²) in [5.41, 5.74) is 7.96. The van der Waals surface area contributed by atoms with Crippen LogP contribution in [0.2, 0.25) is 5.02 Å². The van der Waals surface area contributed by atoms with Gasteiger partial charge in [0.15, 0.2) is 20.0 Å². The molecule has 22 nitrogen and oxygen atoms in total. The molecule has 1 aliphatic heterocycles. The van der Waals surface area contributed by atoms with Gasteiger partial charge in [0, 0.05) is 69.2 Å². The molecule has 1 saturated heterocycles. The molecule has 0 saturated carbocycles. The molecule has 1 radical (unpaired) electrons. The van der Waals surface area contributed by atoms with Crippen LogP contribution in [0.5, 0.6) is 5.75 Å². The Morgan fingerprint density at radius 2 is 1.45 bits per heavy atom. The first-order valence-electron chi connectivity index (χ1n) is 23.5. The summed E-state index contributed by atoms with van der Waals surface area (Å²) in [6, 6.07) is 8.60. The number of aromatic nitrogens is 3. The van der Waals surface area contributed by atoms with Crippen molar-refractivity contribution >= 4 is 43.9 Å². The summed E-state index contributed by atoms with van der Waals surface area (Å²) in [5.74, 6) is -5.57. The van der Waals surface area contributed by atoms with Crippen molar-refractivity contribution in [3.05, 3.63) is 98.3 Å². The Morgan fingerprint density at radius 3 is 2.00 bits per heavy atom. The van der Waals surface area contributed by atoms with Gasteiger partial charge in [0.25, 0.3) is 0 Å². The van der Waals surface area contributed by atoms with E-state index in [1.54, 1.807) is 17.9 Å². The van der Waals surface area contributed by atoms with Crippen molar-refractivity contribution in [2.24, 2.45) is 5.73 Å². The van der Waals surface area contributed by atoms with Gasteiger partial charge in [0.05, 0.1) is 138 Å². The van der Waals surface area contributed by atoms with Gasteiger partial charge in [0.2, 0.25) is 5.75 Å². The monoisotopic (exact) mass is 1210 g/mol. The van der Waals surface area contributed by atoms with Gasteiger partial charge in [-0.2, -0.15) is 13.2 Å². The van der Waals surface area contributed by atoms with Crippen molar-refractivity contribution in [2.45, 2.75) is 51.3 Å². The van der Waals surface area contributed by atoms with Crippen molar-refractivity contribution in [3.63, 3.8) is 0 Å². The second-order valence-corrected chi connectivity index (χ2v) is 16.8. The molecule has 423 valence electrons. The molecule has 4 rings (SSSR count). The second kappa shape index (κ2) is 47.6. The first-order chi connectivity index (χ1) is 35.9. The first-order valence-corrected chi connectivity index (χ1v) is 25.6. The van der Waals surface area contributed by atoms with Gasteiger partial charge < -0.3 is 88.5 Å². The maximum Gasteiger partial charge on any atom is 0.313 e. The average Bonchev–Trinajstić information content (AvgIpc) is 4.02. The van der Waals surface area contributed by atoms with Crippen molar-refractivity contribution in [1.82, 2.24) is 20.3 Å². The van der Waals surface area contributed by atoms with Gasteiger partial charge in [-0.1, -0.05) is 40.6 Å². The van der Waals surface area contributed by atoms with E-state index < -0.39 is 37.5 Å². The van der Waals surface area contributed by atoms with E-state index in [0.29, 0.717) is 136 Å². The standard InChI is InChI=1S/C35H48ClF3N4O10.C6H14NO4P.C5H8ClN3.Y/c36-31-4-2-1-3-28(31)25-40-6-9-46-12-15-49-19-20-51-21-22-52-27-30-26-43(42-41-30)7-10-47-13-16-50-18-17-48-14-11-45-8-5-34(44)53-35-32(38)23-29(37)24-33(35)39;7-6-2-1-5(11-6)3-10-4-12(8)9;1-8-3-5(2-7)4-9-6;/h1-4,23-24,26,40H,5-22,25,27H2;5-6,8-9H,1-4,7H2;2,4,7H,3H2,1H3;/q;;-2;/b;;5-4-,7-2?;. The number of benzene rings is 2. The van der Waals surface area contributed by atoms with Crippen LogP contribution in [0, 0.1) is 22.9 Å². The minimum atomic E-state index is -1.94. The molecule has 1 aliphatic rings. The number of rotatable bonds is 40. The molecule has 29 heteroatoms. The molecule has 6 N–H and O–H groups in total. The van der Waals surface area contributed by atoms with E-state index in [1.807, 2.05) is 24.3 Å². The Labute approximate surface area is 472 Å². The van der Waals surface area contributed by atoms with Crippen LogP contribution in [0.15, 0.2) is 54.4 Å². The topological polar surface area (TPSA) is 280 Å². The number of carbonyl (C=O) groups excluding carboxylic acids is 1. The molecule has 1 fully saturated rings. The van der Waals surface area contributed by atoms with Crippen LogP contribution >= 0.6 is 31.8 Å². The summed E-state index contributed by atoms with van der Waals surface area (Å²) in [4.78, 5) is 31.9. The smallest absolute Gasteiger partial charge is 0.313 e. The number of hydrogen-bond acceptors (Lipinski definition) is 19. The van der Waals surface area contributed by atoms with E-state index in [-0.39, 0.29) is 77.6 Å². The van der Waals surface area contributed by atoms with E-state index in [2.05, 4.69) is 30.5 Å². The quantitative estimate of drug-likeness (QED) is 0.0154. The van der Waals surface area contributed by atoms with Crippen molar-refractivity contribution < 1.29 is 113 Å². The molecule has 0 amide bonds. The Bertz CT molecular complexity index is 1930. The third-order valence-corrected chi connectivity index (χ3v) is 10.1. The van der Waals surface area contributed by atoms with Crippen LogP contribution in [0.4, 0.5) is 13.2 Å². The summed E-state index contributed by atoms with van der Waals surface area (Å²) in [6.07, 6.45) is 5.71. The predicted octanol–water partition coefficient (Wildman–Crippen LogP) is 5.54. The van der Waals surface area contributed by atoms with E-state index >= 15 is 0 Å². The zero-order valence-electron chi connectivity index (χ0n) is 42.0. The molecule has 0 spiro atoms. The summed E-state index contributed by atoms with van der Waals surface area (Å²) < 4.78 is 100. The van der Waals surface area contributed by atoms with Crippen molar-refractivity contribution in [2.75, 3.05) is 132 Å². The normalized spacial score (nSPS) is 14.2. The van der Waals surface area contributed by atoms with Gasteiger partial charge in [-0.15, -0.1) is 11.6 Å². The van der Waals surface area contributed by atoms with Crippen molar-refractivity contribution in [1.29, 1.82) is 5.41 Å². The molecule has 0 aliphatic carbocycles. The van der Waals surface area contributed by atoms with Crippen LogP contribution in [-0.4, -0.2) is 181 Å². The predicted molar refractivity (Wildman–Crippen MR) is 270 cm³/mol. The zero-order valence-corrected chi connectivity index (χ0v) is 47.3. The van der Waals surface area contributed by atoms with E-state index in [4.69, 9.17) is 91.7 Å². The van der Waals surface area contributed by atoms with Crippen LogP contribution < -0.4 is 15.8 Å². The average molecular weight is 1210 g/mol. The fraction of sp³-hybridized carbons (Fsp3) is 0.609. The Kier molecular flexibility index (Phi) is 44.7. The Balaban J connectivity index is 0.00000105. The molecule has 2 atom stereocenters. The molecular weight excluding hydrogens is 1140 g/mol. The van der Waals surface area contributed by atoms with Gasteiger partial charge in [-0.25, -0.2) is 29.6 Å². The number of nitrogens with zero attached hydrogens (tertiary/aromatic N) is 5. The minimum absolute atomic E-state index is 0. The van der Waals surface area contributed by atoms with Crippen LogP contribution in [0.25, 0.3) is 10.2 Å². The van der Waals surface area contributed by atoms with E-state index in [0.717, 1.165) is 30.0 Å². The van der Waals surface area contributed by atoms with Gasteiger partial charge >= 0.3 is 5.97 Å². The number of carbonyl (C=O) groups is 1. The Morgan fingerprint density at radius 1 is 0.880 bits per heavy atom. The van der Waals surface area contributed by atoms with Crippen LogP contribution in [0.1, 0.15) is 30.5 Å². The second-order valence-electron chi connectivity index (χ2n) is 15.2. The number of nitrogens with one attached hydrogen (secondary N) is 2. The summed E-state index contributed by atoms with van der Waals surface area (Å²) >= 11 is 11.1. The third-order valence-electron chi connectivity index (χ3n) is 9.25. The number of halogens is 5. The summed E-state index contributed by atoms with van der Waals surface area (Å²) in [6.45, 7) is 8.94. The molecule has 3 aromatic rings. The minimum Gasteiger partial charge on any atom is -0.661 e. The zero-order chi connectivity index (χ0) is 53.9. The number of likely N-dealkylation sites (N-methyl/N-ethyl adjacent to an activating group) is 1. The molecule has 2 heterocycles. The van der Waals surface area contributed by atoms with Gasteiger partial charge in [-0.3, -0.25) is 4.79 Å². The van der Waals surface area contributed by atoms with E-state index in [9.17, 15) is 18.0 Å². The molecule has 0 bridgehead atoms. The van der Waals surface area contributed by atoms with Crippen LogP contribution in [-0.2, 0) is 105 Å². The Hall–Kier alpha value is -2.44. The molecule has 2 unspecified atom stereocenters. The van der Waals surface area contributed by atoms with E-state index in [1.165, 1.54) is 12.4 Å². The van der Waals surface area contributed by atoms with Gasteiger partial charge in [0.1, 0.15) is 24.1 Å². The fourth-order valence-corrected chi connectivity index (χ4v) is 6.31. The number of ether oxygens (including phenoxy) is 11. The van der Waals surface area contributed by atoms with Crippen molar-refractivity contribution in [3.8, 4) is 5.75 Å². The molecule has 75 heavy (non-hydrogen) atoms. The number of nitrogens with two attached hydrogens (primary N) is 1. The molecular formula is C46H70Cl2F3N8O14PY-2. The largest absolute Gasteiger partial charge is 0.661 e. The maximum atomic E-state index is 13.5. The molecule has 1 aromatic heterocycles. The summed E-state index contributed by atoms with van der Waals surface area (Å²) in [5, 5.41) is 22.8. The van der Waals surface area contributed by atoms with Gasteiger partial charge in [-0.05, 0) is 24.5 Å². The summed E-state index contributed by atoms with van der Waals surface area (Å²) in [7, 11) is -0.269. The SMILES string of the molecule is C[N-]C/C(C=N)=C\[N-]Cl.NC1CCC(COCP(O)O)O1.O=C(CCOCCOCCOCCOCCn1cc(COCCOCCOCCOCCNCc2ccccc2Cl)nn1)Oc1c(F)cc(F)cc1F.[Y]. The molecule has 2 aromatic carbocycles. The van der Waals surface area contributed by atoms with Crippen LogP contribution in [0.3, 0.4) is 0 Å². The first kappa shape index (κ1) is 70.6. The fourth-order valence-electron chi connectivity index (χ4n) is 5.72. The number of hydrogen-bond donors (Lipinski definition) is 5. The maximum absolute atomic E-state index is 13.5. The third kappa shape index (κ3) is 37.9.